The van der Waals surface area contributed by atoms with Gasteiger partial charge in [0.1, 0.15) is 0 Å². The highest BCUT2D eigenvalue weighted by Gasteiger charge is 2.58. The average molecular weight is 524 g/mol. The number of ether oxygens (including phenoxy) is 1. The summed E-state index contributed by atoms with van der Waals surface area (Å²) in [6.45, 7) is 1.80. The fraction of sp³-hybridized carbons (Fsp3) is 0.154. The van der Waals surface area contributed by atoms with Crippen molar-refractivity contribution in [1.29, 1.82) is 0 Å². The summed E-state index contributed by atoms with van der Waals surface area (Å²) in [5.41, 5.74) is -0.665. The molecule has 0 radical (unpaired) electrons. The fourth-order valence-electron chi connectivity index (χ4n) is 4.43. The molecule has 1 atom stereocenters. The molecule has 0 saturated carbocycles. The number of benzene rings is 3. The van der Waals surface area contributed by atoms with E-state index in [2.05, 4.69) is 9.97 Å². The summed E-state index contributed by atoms with van der Waals surface area (Å²) in [5, 5.41) is 9.28. The highest BCUT2D eigenvalue weighted by Crippen LogP contribution is 2.49. The van der Waals surface area contributed by atoms with Crippen LogP contribution in [0.2, 0.25) is 0 Å². The number of carbonyl (C=O) groups excluding carboxylic acids is 2. The Morgan fingerprint density at radius 1 is 1.08 bits per heavy atom. The van der Waals surface area contributed by atoms with Gasteiger partial charge in [-0.15, -0.1) is 0 Å². The number of alkyl halides is 3. The normalized spacial score (nSPS) is 17.0. The van der Waals surface area contributed by atoms with Crippen LogP contribution in [0.25, 0.3) is 11.0 Å². The Balaban J connectivity index is 1.80. The average Bonchev–Trinajstić information content (AvgIpc) is 3.41. The van der Waals surface area contributed by atoms with E-state index < -0.39 is 29.9 Å². The Kier molecular flexibility index (Phi) is 5.62. The van der Waals surface area contributed by atoms with E-state index in [9.17, 15) is 32.7 Å². The Morgan fingerprint density at radius 2 is 1.76 bits per heavy atom. The van der Waals surface area contributed by atoms with Crippen LogP contribution in [0, 0.1) is 6.92 Å². The summed E-state index contributed by atoms with van der Waals surface area (Å²) >= 11 is 0. The third-order valence-electron chi connectivity index (χ3n) is 6.27. The maximum atomic E-state index is 13.7. The zero-order chi connectivity index (χ0) is 27.4. The summed E-state index contributed by atoms with van der Waals surface area (Å²) in [4.78, 5) is 46.3. The number of hydrogen-bond acceptors (Lipinski definition) is 5. The number of H-pyrrole nitrogens is 1. The topological polar surface area (TPSA) is 116 Å². The van der Waals surface area contributed by atoms with Crippen LogP contribution in [0.5, 0.6) is 0 Å². The van der Waals surface area contributed by atoms with Gasteiger partial charge in [0.25, 0.3) is 5.91 Å². The number of carboxylic acid groups (broad SMARTS) is 1. The molecule has 1 aliphatic heterocycles. The SMILES string of the molecule is Cc1ccc(N2C(=O)c3ccccc3C2(OC(=O)C(F)(F)F)c2ccc3nc(N(C)C(=O)O)[nH]c3c2)cc1. The van der Waals surface area contributed by atoms with E-state index in [0.717, 1.165) is 15.4 Å². The van der Waals surface area contributed by atoms with Crippen LogP contribution in [0.3, 0.4) is 0 Å². The van der Waals surface area contributed by atoms with Crippen molar-refractivity contribution in [2.24, 2.45) is 0 Å². The quantitative estimate of drug-likeness (QED) is 0.365. The van der Waals surface area contributed by atoms with Crippen molar-refractivity contribution >= 4 is 40.6 Å². The number of halogens is 3. The molecule has 9 nitrogen and oxygen atoms in total. The molecule has 1 unspecified atom stereocenters. The maximum Gasteiger partial charge on any atom is 0.491 e. The molecule has 1 aliphatic rings. The number of esters is 1. The third kappa shape index (κ3) is 3.81. The van der Waals surface area contributed by atoms with Gasteiger partial charge in [-0.25, -0.2) is 14.6 Å². The molecule has 0 bridgehead atoms. The number of aryl methyl sites for hydroxylation is 1. The molecule has 2 amide bonds. The van der Waals surface area contributed by atoms with Crippen molar-refractivity contribution in [3.8, 4) is 0 Å². The van der Waals surface area contributed by atoms with Crippen LogP contribution in [0.15, 0.2) is 66.7 Å². The second-order valence-corrected chi connectivity index (χ2v) is 8.69. The maximum absolute atomic E-state index is 13.7. The highest BCUT2D eigenvalue weighted by atomic mass is 19.4. The number of rotatable bonds is 4. The van der Waals surface area contributed by atoms with E-state index in [-0.39, 0.29) is 33.8 Å². The largest absolute Gasteiger partial charge is 0.491 e. The molecule has 5 rings (SSSR count). The van der Waals surface area contributed by atoms with Crippen molar-refractivity contribution in [1.82, 2.24) is 9.97 Å². The molecule has 3 aromatic carbocycles. The first-order chi connectivity index (χ1) is 17.9. The minimum Gasteiger partial charge on any atom is -0.465 e. The van der Waals surface area contributed by atoms with Crippen LogP contribution in [0.4, 0.5) is 29.6 Å². The third-order valence-corrected chi connectivity index (χ3v) is 6.27. The van der Waals surface area contributed by atoms with E-state index in [1.54, 1.807) is 37.3 Å². The number of imidazole rings is 1. The number of aromatic nitrogens is 2. The second-order valence-electron chi connectivity index (χ2n) is 8.69. The number of hydrogen-bond donors (Lipinski definition) is 2. The predicted octanol–water partition coefficient (Wildman–Crippen LogP) is 4.95. The summed E-state index contributed by atoms with van der Waals surface area (Å²) < 4.78 is 46.1. The number of amides is 2. The smallest absolute Gasteiger partial charge is 0.465 e. The molecular weight excluding hydrogens is 505 g/mol. The van der Waals surface area contributed by atoms with E-state index in [0.29, 0.717) is 5.52 Å². The van der Waals surface area contributed by atoms with Gasteiger partial charge in [-0.05, 0) is 37.3 Å². The molecule has 0 saturated heterocycles. The van der Waals surface area contributed by atoms with Gasteiger partial charge in [-0.1, -0.05) is 42.0 Å². The van der Waals surface area contributed by atoms with Crippen molar-refractivity contribution in [3.05, 3.63) is 89.0 Å². The number of nitrogens with zero attached hydrogens (tertiary/aromatic N) is 3. The van der Waals surface area contributed by atoms with Crippen molar-refractivity contribution in [2.75, 3.05) is 16.8 Å². The molecule has 2 heterocycles. The highest BCUT2D eigenvalue weighted by molar-refractivity contribution is 6.13. The molecule has 12 heteroatoms. The van der Waals surface area contributed by atoms with E-state index >= 15 is 0 Å². The lowest BCUT2D eigenvalue weighted by Crippen LogP contribution is -2.50. The van der Waals surface area contributed by atoms with Crippen LogP contribution in [0.1, 0.15) is 27.0 Å². The summed E-state index contributed by atoms with van der Waals surface area (Å²) in [6, 6.07) is 16.6. The summed E-state index contributed by atoms with van der Waals surface area (Å²) in [5.74, 6) is -3.20. The van der Waals surface area contributed by atoms with Crippen LogP contribution < -0.4 is 9.80 Å². The second kappa shape index (κ2) is 8.61. The van der Waals surface area contributed by atoms with Gasteiger partial charge >= 0.3 is 18.2 Å². The first kappa shape index (κ1) is 24.8. The molecule has 0 fully saturated rings. The van der Waals surface area contributed by atoms with Gasteiger partial charge in [0.15, 0.2) is 0 Å². The Bertz CT molecular complexity index is 1600. The van der Waals surface area contributed by atoms with Crippen molar-refractivity contribution in [2.45, 2.75) is 18.8 Å². The van der Waals surface area contributed by atoms with Gasteiger partial charge in [0, 0.05) is 29.4 Å². The Labute approximate surface area is 213 Å². The zero-order valence-electron chi connectivity index (χ0n) is 19.9. The van der Waals surface area contributed by atoms with Crippen LogP contribution in [-0.2, 0) is 15.3 Å². The fourth-order valence-corrected chi connectivity index (χ4v) is 4.43. The molecule has 0 spiro atoms. The number of aromatic amines is 1. The lowest BCUT2D eigenvalue weighted by atomic mass is 9.92. The molecule has 4 aromatic rings. The Morgan fingerprint density at radius 3 is 2.42 bits per heavy atom. The Hall–Kier alpha value is -4.87. The van der Waals surface area contributed by atoms with E-state index in [4.69, 9.17) is 4.74 Å². The monoisotopic (exact) mass is 524 g/mol. The number of nitrogens with one attached hydrogen (secondary N) is 1. The van der Waals surface area contributed by atoms with E-state index in [1.807, 2.05) is 0 Å². The standard InChI is InChI=1S/C26H19F3N4O5/c1-14-7-10-16(11-8-14)33-21(34)17-5-3-4-6-18(17)25(33,38-22(35)26(27,28)29)15-9-12-19-20(13-15)31-23(30-19)32(2)24(36)37/h3-13H,1-2H3,(H,30,31)(H,36,37). The first-order valence-corrected chi connectivity index (χ1v) is 11.2. The van der Waals surface area contributed by atoms with Gasteiger partial charge < -0.3 is 14.8 Å². The zero-order valence-corrected chi connectivity index (χ0v) is 19.9. The lowest BCUT2D eigenvalue weighted by Gasteiger charge is -2.38. The van der Waals surface area contributed by atoms with Crippen molar-refractivity contribution < 1.29 is 37.4 Å². The molecular formula is C26H19F3N4O5. The molecule has 194 valence electrons. The molecule has 2 N–H and O–H groups in total. The summed E-state index contributed by atoms with van der Waals surface area (Å²) in [7, 11) is 1.26. The predicted molar refractivity (Wildman–Crippen MR) is 130 cm³/mol. The minimum absolute atomic E-state index is 0.00894. The number of fused-ring (bicyclic) bond motifs is 2. The van der Waals surface area contributed by atoms with Crippen LogP contribution in [-0.4, -0.2) is 46.3 Å². The van der Waals surface area contributed by atoms with Gasteiger partial charge in [-0.2, -0.15) is 13.2 Å². The van der Waals surface area contributed by atoms with Crippen LogP contribution >= 0.6 is 0 Å². The van der Waals surface area contributed by atoms with Gasteiger partial charge in [-0.3, -0.25) is 14.6 Å². The van der Waals surface area contributed by atoms with Gasteiger partial charge in [0.2, 0.25) is 11.7 Å². The molecule has 38 heavy (non-hydrogen) atoms. The molecule has 1 aromatic heterocycles. The van der Waals surface area contributed by atoms with Gasteiger partial charge in [0.05, 0.1) is 11.0 Å². The number of carbonyl (C=O) groups is 3. The lowest BCUT2D eigenvalue weighted by molar-refractivity contribution is -0.211. The molecule has 0 aliphatic carbocycles. The van der Waals surface area contributed by atoms with E-state index in [1.165, 1.54) is 43.4 Å². The van der Waals surface area contributed by atoms with Crippen molar-refractivity contribution in [3.63, 3.8) is 0 Å². The first-order valence-electron chi connectivity index (χ1n) is 11.2. The summed E-state index contributed by atoms with van der Waals surface area (Å²) in [6.07, 6.45) is -6.65. The number of anilines is 2. The minimum atomic E-state index is -5.36.